The summed E-state index contributed by atoms with van der Waals surface area (Å²) >= 11 is 0. The van der Waals surface area contributed by atoms with Crippen molar-refractivity contribution in [2.45, 2.75) is 38.0 Å². The molecular formula is C15H22N4. The zero-order chi connectivity index (χ0) is 13.5. The molecule has 4 nitrogen and oxygen atoms in total. The molecule has 2 aromatic heterocycles. The molecule has 0 spiro atoms. The van der Waals surface area contributed by atoms with Crippen LogP contribution < -0.4 is 5.73 Å². The van der Waals surface area contributed by atoms with Gasteiger partial charge in [0.2, 0.25) is 0 Å². The van der Waals surface area contributed by atoms with Crippen molar-refractivity contribution in [2.75, 3.05) is 6.54 Å². The molecule has 19 heavy (non-hydrogen) atoms. The van der Waals surface area contributed by atoms with Crippen molar-refractivity contribution in [3.63, 3.8) is 0 Å². The number of rotatable bonds is 2. The van der Waals surface area contributed by atoms with Crippen LogP contribution in [0.1, 0.15) is 38.4 Å². The summed E-state index contributed by atoms with van der Waals surface area (Å²) in [7, 11) is 2.09. The van der Waals surface area contributed by atoms with E-state index in [1.165, 1.54) is 12.8 Å². The topological polar surface area (TPSA) is 56.7 Å². The largest absolute Gasteiger partial charge is 0.329 e. The molecule has 1 fully saturated rings. The lowest BCUT2D eigenvalue weighted by atomic mass is 9.70. The van der Waals surface area contributed by atoms with E-state index in [0.717, 1.165) is 35.7 Å². The molecule has 3 rings (SSSR count). The predicted molar refractivity (Wildman–Crippen MR) is 76.9 cm³/mol. The minimum atomic E-state index is 0.0436. The summed E-state index contributed by atoms with van der Waals surface area (Å²) < 4.78 is 2.19. The molecule has 1 saturated carbocycles. The molecule has 1 aliphatic rings. The standard InChI is InChI=1S/C15H22N4/c1-11-5-7-15(10-16,8-6-11)14-18-13-12(19(14)2)4-3-9-17-13/h3-4,9,11H,5-8,10,16H2,1-2H3. The number of nitrogens with two attached hydrogens (primary N) is 1. The fourth-order valence-corrected chi connectivity index (χ4v) is 3.33. The number of hydrogen-bond acceptors (Lipinski definition) is 3. The average Bonchev–Trinajstić information content (AvgIpc) is 2.79. The quantitative estimate of drug-likeness (QED) is 0.899. The van der Waals surface area contributed by atoms with Crippen LogP contribution in [0.2, 0.25) is 0 Å². The molecule has 0 bridgehead atoms. The maximum atomic E-state index is 6.13. The molecule has 0 aliphatic heterocycles. The van der Waals surface area contributed by atoms with Gasteiger partial charge in [0.1, 0.15) is 5.82 Å². The van der Waals surface area contributed by atoms with E-state index in [1.54, 1.807) is 6.20 Å². The van der Waals surface area contributed by atoms with Crippen molar-refractivity contribution < 1.29 is 0 Å². The molecule has 4 heteroatoms. The summed E-state index contributed by atoms with van der Waals surface area (Å²) in [6.45, 7) is 3.01. The molecule has 0 amide bonds. The Kier molecular flexibility index (Phi) is 3.05. The SMILES string of the molecule is CC1CCC(CN)(c2nc3ncccc3n2C)CC1. The third-order valence-electron chi connectivity index (χ3n) is 4.75. The van der Waals surface area contributed by atoms with Crippen LogP contribution in [0, 0.1) is 5.92 Å². The third kappa shape index (κ3) is 1.94. The van der Waals surface area contributed by atoms with Crippen molar-refractivity contribution in [1.29, 1.82) is 0 Å². The number of aromatic nitrogens is 3. The van der Waals surface area contributed by atoms with Crippen LogP contribution in [0.3, 0.4) is 0 Å². The number of aryl methyl sites for hydroxylation is 1. The highest BCUT2D eigenvalue weighted by molar-refractivity contribution is 5.71. The van der Waals surface area contributed by atoms with Crippen molar-refractivity contribution >= 4 is 11.2 Å². The molecule has 2 aromatic rings. The van der Waals surface area contributed by atoms with E-state index in [0.29, 0.717) is 6.54 Å². The van der Waals surface area contributed by atoms with Gasteiger partial charge in [-0.3, -0.25) is 0 Å². The molecule has 0 aromatic carbocycles. The third-order valence-corrected chi connectivity index (χ3v) is 4.75. The molecule has 0 atom stereocenters. The average molecular weight is 258 g/mol. The lowest BCUT2D eigenvalue weighted by Crippen LogP contribution is -2.40. The molecule has 0 saturated heterocycles. The number of imidazole rings is 1. The van der Waals surface area contributed by atoms with Crippen LogP contribution in [0.15, 0.2) is 18.3 Å². The Hall–Kier alpha value is -1.42. The molecule has 0 radical (unpaired) electrons. The second kappa shape index (κ2) is 4.60. The van der Waals surface area contributed by atoms with Crippen LogP contribution in [0.5, 0.6) is 0 Å². The van der Waals surface area contributed by atoms with Crippen molar-refractivity contribution in [3.05, 3.63) is 24.2 Å². The van der Waals surface area contributed by atoms with Crippen LogP contribution in [-0.2, 0) is 12.5 Å². The molecule has 2 heterocycles. The van der Waals surface area contributed by atoms with Crippen LogP contribution in [0.25, 0.3) is 11.2 Å². The predicted octanol–water partition coefficient (Wildman–Crippen LogP) is 2.37. The smallest absolute Gasteiger partial charge is 0.177 e. The first kappa shape index (κ1) is 12.6. The van der Waals surface area contributed by atoms with Crippen LogP contribution >= 0.6 is 0 Å². The number of hydrogen-bond donors (Lipinski definition) is 1. The first-order chi connectivity index (χ1) is 9.16. The molecular weight excluding hydrogens is 236 g/mol. The van der Waals surface area contributed by atoms with Gasteiger partial charge in [-0.25, -0.2) is 9.97 Å². The number of fused-ring (bicyclic) bond motifs is 1. The maximum Gasteiger partial charge on any atom is 0.177 e. The normalized spacial score (nSPS) is 27.8. The lowest BCUT2D eigenvalue weighted by molar-refractivity contribution is 0.233. The Labute approximate surface area is 114 Å². The molecule has 102 valence electrons. The Balaban J connectivity index is 2.09. The number of pyridine rings is 1. The first-order valence-electron chi connectivity index (χ1n) is 7.14. The first-order valence-corrected chi connectivity index (χ1v) is 7.14. The van der Waals surface area contributed by atoms with Crippen LogP contribution in [0.4, 0.5) is 0 Å². The van der Waals surface area contributed by atoms with Crippen molar-refractivity contribution in [3.8, 4) is 0 Å². The highest BCUT2D eigenvalue weighted by atomic mass is 15.1. The van der Waals surface area contributed by atoms with E-state index >= 15 is 0 Å². The zero-order valence-corrected chi connectivity index (χ0v) is 11.8. The molecule has 2 N–H and O–H groups in total. The highest BCUT2D eigenvalue weighted by Gasteiger charge is 2.38. The summed E-state index contributed by atoms with van der Waals surface area (Å²) in [4.78, 5) is 9.14. The highest BCUT2D eigenvalue weighted by Crippen LogP contribution is 2.40. The second-order valence-corrected chi connectivity index (χ2v) is 6.01. The van der Waals surface area contributed by atoms with Crippen molar-refractivity contribution in [2.24, 2.45) is 18.7 Å². The molecule has 1 aliphatic carbocycles. The van der Waals surface area contributed by atoms with E-state index < -0.39 is 0 Å². The van der Waals surface area contributed by atoms with E-state index in [-0.39, 0.29) is 5.41 Å². The summed E-state index contributed by atoms with van der Waals surface area (Å²) in [5, 5.41) is 0. The minimum Gasteiger partial charge on any atom is -0.329 e. The lowest BCUT2D eigenvalue weighted by Gasteiger charge is -2.37. The fourth-order valence-electron chi connectivity index (χ4n) is 3.33. The minimum absolute atomic E-state index is 0.0436. The van der Waals surface area contributed by atoms with Gasteiger partial charge >= 0.3 is 0 Å². The van der Waals surface area contributed by atoms with Gasteiger partial charge in [0.05, 0.1) is 5.52 Å². The number of nitrogens with zero attached hydrogens (tertiary/aromatic N) is 3. The Morgan fingerprint density at radius 3 is 2.79 bits per heavy atom. The summed E-state index contributed by atoms with van der Waals surface area (Å²) in [5.41, 5.74) is 8.12. The van der Waals surface area contributed by atoms with Gasteiger partial charge in [-0.15, -0.1) is 0 Å². The summed E-state index contributed by atoms with van der Waals surface area (Å²) in [6, 6.07) is 4.04. The Morgan fingerprint density at radius 1 is 1.42 bits per heavy atom. The Morgan fingerprint density at radius 2 is 2.16 bits per heavy atom. The second-order valence-electron chi connectivity index (χ2n) is 6.01. The zero-order valence-electron chi connectivity index (χ0n) is 11.8. The van der Waals surface area contributed by atoms with Gasteiger partial charge in [0.15, 0.2) is 5.65 Å². The van der Waals surface area contributed by atoms with E-state index in [1.807, 2.05) is 6.07 Å². The van der Waals surface area contributed by atoms with Crippen molar-refractivity contribution in [1.82, 2.24) is 14.5 Å². The van der Waals surface area contributed by atoms with E-state index in [2.05, 4.69) is 29.6 Å². The van der Waals surface area contributed by atoms with Gasteiger partial charge in [-0.2, -0.15) is 0 Å². The molecule has 0 unspecified atom stereocenters. The van der Waals surface area contributed by atoms with Gasteiger partial charge < -0.3 is 10.3 Å². The van der Waals surface area contributed by atoms with Gasteiger partial charge in [0, 0.05) is 25.2 Å². The summed E-state index contributed by atoms with van der Waals surface area (Å²) in [5.74, 6) is 1.93. The monoisotopic (exact) mass is 258 g/mol. The van der Waals surface area contributed by atoms with Gasteiger partial charge in [-0.05, 0) is 43.7 Å². The van der Waals surface area contributed by atoms with E-state index in [9.17, 15) is 0 Å². The van der Waals surface area contributed by atoms with Crippen LogP contribution in [-0.4, -0.2) is 21.1 Å². The Bertz CT molecular complexity index is 579. The maximum absolute atomic E-state index is 6.13. The van der Waals surface area contributed by atoms with E-state index in [4.69, 9.17) is 10.7 Å². The summed E-state index contributed by atoms with van der Waals surface area (Å²) in [6.07, 6.45) is 6.57. The van der Waals surface area contributed by atoms with Gasteiger partial charge in [-0.1, -0.05) is 6.92 Å². The van der Waals surface area contributed by atoms with Gasteiger partial charge in [0.25, 0.3) is 0 Å². The fraction of sp³-hybridized carbons (Fsp3) is 0.600.